The summed E-state index contributed by atoms with van der Waals surface area (Å²) in [7, 11) is -4.36. The maximum Gasteiger partial charge on any atom is 0.270 e. The van der Waals surface area contributed by atoms with Crippen LogP contribution in [0, 0.1) is 15.9 Å². The van der Waals surface area contributed by atoms with E-state index in [9.17, 15) is 33.1 Å². The van der Waals surface area contributed by atoms with Gasteiger partial charge in [0.1, 0.15) is 10.7 Å². The molecule has 20 heavy (non-hydrogen) atoms. The lowest BCUT2D eigenvalue weighted by molar-refractivity contribution is -0.385. The van der Waals surface area contributed by atoms with E-state index >= 15 is 0 Å². The molecular weight excluding hydrogens is 295 g/mol. The summed E-state index contributed by atoms with van der Waals surface area (Å²) in [5, 5.41) is 29.3. The molecular formula is C10H11FN2O6S. The van der Waals surface area contributed by atoms with Gasteiger partial charge in [-0.05, 0) is 6.07 Å². The van der Waals surface area contributed by atoms with Crippen LogP contribution in [0.1, 0.15) is 0 Å². The molecule has 0 bridgehead atoms. The summed E-state index contributed by atoms with van der Waals surface area (Å²) in [5.74, 6) is -1.13. The number of rotatable bonds is 3. The van der Waals surface area contributed by atoms with E-state index < -0.39 is 56.6 Å². The van der Waals surface area contributed by atoms with E-state index in [0.29, 0.717) is 16.4 Å². The molecule has 0 aromatic heterocycles. The maximum atomic E-state index is 13.6. The number of halogens is 1. The maximum absolute atomic E-state index is 13.6. The SMILES string of the molecule is O=[N+]([O-])c1ccc(F)c(S(=O)(=O)N2CC(O)C(O)C2)c1. The molecule has 0 saturated carbocycles. The highest BCUT2D eigenvalue weighted by atomic mass is 32.2. The van der Waals surface area contributed by atoms with Crippen LogP contribution in [-0.2, 0) is 10.0 Å². The number of aliphatic hydroxyl groups excluding tert-OH is 2. The van der Waals surface area contributed by atoms with Crippen molar-refractivity contribution in [3.63, 3.8) is 0 Å². The van der Waals surface area contributed by atoms with Crippen LogP contribution in [0.2, 0.25) is 0 Å². The van der Waals surface area contributed by atoms with Crippen molar-refractivity contribution in [2.75, 3.05) is 13.1 Å². The van der Waals surface area contributed by atoms with Crippen LogP contribution in [-0.4, -0.2) is 53.2 Å². The molecule has 1 aromatic rings. The minimum Gasteiger partial charge on any atom is -0.389 e. The molecule has 10 heteroatoms. The highest BCUT2D eigenvalue weighted by Crippen LogP contribution is 2.26. The molecule has 2 rings (SSSR count). The van der Waals surface area contributed by atoms with Gasteiger partial charge in [-0.25, -0.2) is 12.8 Å². The fourth-order valence-corrected chi connectivity index (χ4v) is 3.43. The molecule has 110 valence electrons. The fourth-order valence-electron chi connectivity index (χ4n) is 1.87. The van der Waals surface area contributed by atoms with Gasteiger partial charge in [-0.15, -0.1) is 0 Å². The number of nitro groups is 1. The molecule has 0 spiro atoms. The van der Waals surface area contributed by atoms with Gasteiger partial charge in [0.15, 0.2) is 0 Å². The van der Waals surface area contributed by atoms with E-state index in [4.69, 9.17) is 0 Å². The summed E-state index contributed by atoms with van der Waals surface area (Å²) in [6.07, 6.45) is -2.54. The van der Waals surface area contributed by atoms with Crippen molar-refractivity contribution < 1.29 is 27.9 Å². The molecule has 2 N–H and O–H groups in total. The minimum absolute atomic E-state index is 0.397. The third kappa shape index (κ3) is 2.50. The largest absolute Gasteiger partial charge is 0.389 e. The molecule has 2 unspecified atom stereocenters. The van der Waals surface area contributed by atoms with Crippen molar-refractivity contribution in [2.24, 2.45) is 0 Å². The molecule has 1 aliphatic rings. The first-order valence-electron chi connectivity index (χ1n) is 5.53. The van der Waals surface area contributed by atoms with E-state index in [2.05, 4.69) is 0 Å². The quantitative estimate of drug-likeness (QED) is 0.571. The number of hydrogen-bond donors (Lipinski definition) is 2. The monoisotopic (exact) mass is 306 g/mol. The van der Waals surface area contributed by atoms with Gasteiger partial charge in [0.05, 0.1) is 17.1 Å². The van der Waals surface area contributed by atoms with Gasteiger partial charge < -0.3 is 10.2 Å². The second-order valence-electron chi connectivity index (χ2n) is 4.33. The highest BCUT2D eigenvalue weighted by molar-refractivity contribution is 7.89. The first kappa shape index (κ1) is 14.8. The minimum atomic E-state index is -4.36. The molecule has 2 atom stereocenters. The molecule has 1 heterocycles. The Morgan fingerprint density at radius 1 is 1.30 bits per heavy atom. The van der Waals surface area contributed by atoms with Crippen LogP contribution in [0.4, 0.5) is 10.1 Å². The number of nitro benzene ring substituents is 1. The van der Waals surface area contributed by atoms with Crippen molar-refractivity contribution in [2.45, 2.75) is 17.1 Å². The van der Waals surface area contributed by atoms with Crippen molar-refractivity contribution >= 4 is 15.7 Å². The number of nitrogens with zero attached hydrogens (tertiary/aromatic N) is 2. The predicted octanol–water partition coefficient (Wildman–Crippen LogP) is -0.540. The van der Waals surface area contributed by atoms with Crippen molar-refractivity contribution in [3.8, 4) is 0 Å². The van der Waals surface area contributed by atoms with Gasteiger partial charge in [0, 0.05) is 25.2 Å². The molecule has 1 fully saturated rings. The zero-order valence-corrected chi connectivity index (χ0v) is 10.8. The normalized spacial score (nSPS) is 23.9. The second kappa shape index (κ2) is 5.05. The van der Waals surface area contributed by atoms with Crippen molar-refractivity contribution in [1.29, 1.82) is 0 Å². The van der Waals surface area contributed by atoms with Crippen molar-refractivity contribution in [3.05, 3.63) is 34.1 Å². The number of hydrogen-bond acceptors (Lipinski definition) is 6. The van der Waals surface area contributed by atoms with E-state index in [1.165, 1.54) is 0 Å². The molecule has 0 aliphatic carbocycles. The van der Waals surface area contributed by atoms with Crippen LogP contribution >= 0.6 is 0 Å². The first-order valence-corrected chi connectivity index (χ1v) is 6.97. The Balaban J connectivity index is 2.44. The molecule has 1 aliphatic heterocycles. The Bertz CT molecular complexity index is 639. The Hall–Kier alpha value is -1.62. The van der Waals surface area contributed by atoms with Gasteiger partial charge >= 0.3 is 0 Å². The van der Waals surface area contributed by atoms with Crippen LogP contribution in [0.3, 0.4) is 0 Å². The molecule has 1 saturated heterocycles. The molecule has 0 amide bonds. The number of benzene rings is 1. The number of β-amino-alcohol motifs (C(OH)–C–C–N with tert-alkyl or cyclic N) is 2. The molecule has 0 radical (unpaired) electrons. The number of non-ortho nitro benzene ring substituents is 1. The van der Waals surface area contributed by atoms with Crippen molar-refractivity contribution in [1.82, 2.24) is 4.31 Å². The van der Waals surface area contributed by atoms with Crippen LogP contribution in [0.15, 0.2) is 23.1 Å². The Morgan fingerprint density at radius 2 is 1.85 bits per heavy atom. The van der Waals surface area contributed by atoms with Crippen LogP contribution in [0.5, 0.6) is 0 Å². The summed E-state index contributed by atoms with van der Waals surface area (Å²) in [6.45, 7) is -0.794. The summed E-state index contributed by atoms with van der Waals surface area (Å²) in [5.41, 5.74) is -0.565. The van der Waals surface area contributed by atoms with E-state index in [-0.39, 0.29) is 0 Å². The zero-order chi connectivity index (χ0) is 15.1. The van der Waals surface area contributed by atoms with E-state index in [1.54, 1.807) is 0 Å². The number of aliphatic hydroxyl groups is 2. The summed E-state index contributed by atoms with van der Waals surface area (Å²) in [4.78, 5) is 8.92. The Morgan fingerprint density at radius 3 is 2.35 bits per heavy atom. The third-order valence-electron chi connectivity index (χ3n) is 2.97. The molecule has 8 nitrogen and oxygen atoms in total. The van der Waals surface area contributed by atoms with E-state index in [1.807, 2.05) is 0 Å². The Labute approximate surface area is 113 Å². The smallest absolute Gasteiger partial charge is 0.270 e. The summed E-state index contributed by atoms with van der Waals surface area (Å²) in [6, 6.07) is 2.15. The second-order valence-corrected chi connectivity index (χ2v) is 6.23. The van der Waals surface area contributed by atoms with Gasteiger partial charge in [-0.2, -0.15) is 4.31 Å². The number of sulfonamides is 1. The lowest BCUT2D eigenvalue weighted by atomic mass is 10.3. The predicted molar refractivity (Wildman–Crippen MR) is 63.8 cm³/mol. The standard InChI is InChI=1S/C10H11FN2O6S/c11-7-2-1-6(13(16)17)3-10(7)20(18,19)12-4-8(14)9(15)5-12/h1-3,8-9,14-15H,4-5H2. The van der Waals surface area contributed by atoms with Crippen LogP contribution < -0.4 is 0 Å². The lowest BCUT2D eigenvalue weighted by Crippen LogP contribution is -2.30. The Kier molecular flexibility index (Phi) is 3.73. The average Bonchev–Trinajstić information content (AvgIpc) is 2.70. The third-order valence-corrected chi connectivity index (χ3v) is 4.82. The zero-order valence-electron chi connectivity index (χ0n) is 10.0. The highest BCUT2D eigenvalue weighted by Gasteiger charge is 2.39. The van der Waals surface area contributed by atoms with Gasteiger partial charge in [-0.3, -0.25) is 10.1 Å². The first-order chi connectivity index (χ1) is 9.23. The summed E-state index contributed by atoms with van der Waals surface area (Å²) >= 11 is 0. The van der Waals surface area contributed by atoms with Gasteiger partial charge in [0.25, 0.3) is 5.69 Å². The average molecular weight is 306 g/mol. The summed E-state index contributed by atoms with van der Waals surface area (Å²) < 4.78 is 38.6. The van der Waals surface area contributed by atoms with Gasteiger partial charge in [-0.1, -0.05) is 0 Å². The lowest BCUT2D eigenvalue weighted by Gasteiger charge is -2.15. The topological polar surface area (TPSA) is 121 Å². The molecule has 1 aromatic carbocycles. The van der Waals surface area contributed by atoms with Crippen LogP contribution in [0.25, 0.3) is 0 Å². The van der Waals surface area contributed by atoms with E-state index in [0.717, 1.165) is 6.07 Å². The fraction of sp³-hybridized carbons (Fsp3) is 0.400. The van der Waals surface area contributed by atoms with Gasteiger partial charge in [0.2, 0.25) is 10.0 Å².